The van der Waals surface area contributed by atoms with E-state index in [0.29, 0.717) is 0 Å². The SMILES string of the molecule is CC(C)O.CC(C)O.[Ti+2].c1ccc([CH-]c2ccccc2)cc1.c1ccc([CH-]c2ccccc2)cc1. The molecule has 2 nitrogen and oxygen atoms in total. The Morgan fingerprint density at radius 2 is 0.543 bits per heavy atom. The first-order valence-electron chi connectivity index (χ1n) is 11.6. The Kier molecular flexibility index (Phi) is 19.0. The van der Waals surface area contributed by atoms with Crippen molar-refractivity contribution in [2.45, 2.75) is 39.9 Å². The van der Waals surface area contributed by atoms with Crippen LogP contribution in [0.25, 0.3) is 0 Å². The van der Waals surface area contributed by atoms with Crippen LogP contribution in [-0.4, -0.2) is 22.4 Å². The number of rotatable bonds is 4. The van der Waals surface area contributed by atoms with Gasteiger partial charge in [0.2, 0.25) is 0 Å². The standard InChI is InChI=1S/2C13H11.2C3H8O.Ti/c2*1-3-7-12(8-4-1)11-13-9-5-2-6-10-13;2*1-3(2)4;/h2*1-11H;2*3-4H,1-2H3;/q2*-1;;;+2. The molecule has 0 aromatic heterocycles. The van der Waals surface area contributed by atoms with E-state index < -0.39 is 0 Å². The maximum absolute atomic E-state index is 8.06. The predicted molar refractivity (Wildman–Crippen MR) is 145 cm³/mol. The first kappa shape index (κ1) is 32.3. The smallest absolute Gasteiger partial charge is 0.394 e. The van der Waals surface area contributed by atoms with Gasteiger partial charge in [-0.3, -0.25) is 0 Å². The van der Waals surface area contributed by atoms with Crippen molar-refractivity contribution in [3.05, 3.63) is 156 Å². The number of hydrogen-bond acceptors (Lipinski definition) is 2. The normalized spacial score (nSPS) is 9.14. The molecule has 0 aliphatic carbocycles. The molecule has 0 bridgehead atoms. The molecule has 3 heteroatoms. The van der Waals surface area contributed by atoms with Crippen molar-refractivity contribution in [2.75, 3.05) is 0 Å². The zero-order valence-corrected chi connectivity index (χ0v) is 22.8. The Labute approximate surface area is 227 Å². The Bertz CT molecular complexity index is 794. The minimum Gasteiger partial charge on any atom is -0.394 e. The van der Waals surface area contributed by atoms with Gasteiger partial charge < -0.3 is 10.2 Å². The second-order valence-corrected chi connectivity index (χ2v) is 8.12. The van der Waals surface area contributed by atoms with Gasteiger partial charge in [0.25, 0.3) is 0 Å². The second-order valence-electron chi connectivity index (χ2n) is 8.12. The van der Waals surface area contributed by atoms with Gasteiger partial charge in [-0.15, -0.1) is 83.6 Å². The van der Waals surface area contributed by atoms with Gasteiger partial charge in [0.1, 0.15) is 0 Å². The maximum Gasteiger partial charge on any atom is 2.00 e. The molecular weight excluding hydrogens is 464 g/mol. The fourth-order valence-electron chi connectivity index (χ4n) is 2.58. The zero-order chi connectivity index (χ0) is 25.0. The van der Waals surface area contributed by atoms with Crippen molar-refractivity contribution in [3.8, 4) is 0 Å². The molecule has 0 saturated carbocycles. The molecule has 0 fully saturated rings. The Balaban J connectivity index is 0.000000499. The van der Waals surface area contributed by atoms with Gasteiger partial charge >= 0.3 is 21.7 Å². The number of aliphatic hydroxyl groups is 2. The molecule has 0 aliphatic heterocycles. The molecule has 0 saturated heterocycles. The van der Waals surface area contributed by atoms with E-state index >= 15 is 0 Å². The molecule has 0 atom stereocenters. The molecule has 0 radical (unpaired) electrons. The summed E-state index contributed by atoms with van der Waals surface area (Å²) in [5.41, 5.74) is 4.98. The summed E-state index contributed by atoms with van der Waals surface area (Å²) in [5.74, 6) is 0. The summed E-state index contributed by atoms with van der Waals surface area (Å²) < 4.78 is 0. The maximum atomic E-state index is 8.06. The molecule has 0 aliphatic rings. The van der Waals surface area contributed by atoms with Crippen LogP contribution in [0.5, 0.6) is 0 Å². The van der Waals surface area contributed by atoms with Gasteiger partial charge in [0.15, 0.2) is 0 Å². The summed E-state index contributed by atoms with van der Waals surface area (Å²) in [5, 5.41) is 16.1. The number of hydrogen-bond donors (Lipinski definition) is 2. The van der Waals surface area contributed by atoms with E-state index in [-0.39, 0.29) is 33.9 Å². The molecule has 35 heavy (non-hydrogen) atoms. The molecule has 0 unspecified atom stereocenters. The Hall–Kier alpha value is -2.75. The Morgan fingerprint density at radius 1 is 0.400 bits per heavy atom. The number of benzene rings is 4. The third kappa shape index (κ3) is 19.3. The number of aliphatic hydroxyl groups excluding tert-OH is 2. The minimum atomic E-state index is -0.167. The van der Waals surface area contributed by atoms with Crippen LogP contribution in [0.1, 0.15) is 49.9 Å². The molecule has 4 aromatic rings. The van der Waals surface area contributed by atoms with E-state index in [2.05, 4.69) is 110 Å². The predicted octanol–water partition coefficient (Wildman–Crippen LogP) is 7.35. The van der Waals surface area contributed by atoms with Crippen molar-refractivity contribution in [1.29, 1.82) is 0 Å². The van der Waals surface area contributed by atoms with Crippen molar-refractivity contribution < 1.29 is 31.9 Å². The molecule has 0 spiro atoms. The summed E-state index contributed by atoms with van der Waals surface area (Å²) in [4.78, 5) is 0. The van der Waals surface area contributed by atoms with Crippen LogP contribution in [0.2, 0.25) is 0 Å². The van der Waals surface area contributed by atoms with Crippen LogP contribution in [0.15, 0.2) is 121 Å². The van der Waals surface area contributed by atoms with Crippen molar-refractivity contribution in [3.63, 3.8) is 0 Å². The van der Waals surface area contributed by atoms with E-state index in [1.165, 1.54) is 22.3 Å². The third-order valence-corrected chi connectivity index (χ3v) is 3.86. The van der Waals surface area contributed by atoms with Crippen molar-refractivity contribution in [2.24, 2.45) is 0 Å². The van der Waals surface area contributed by atoms with E-state index in [1.807, 2.05) is 24.3 Å². The first-order valence-corrected chi connectivity index (χ1v) is 11.6. The van der Waals surface area contributed by atoms with Crippen molar-refractivity contribution >= 4 is 0 Å². The van der Waals surface area contributed by atoms with Crippen LogP contribution in [-0.2, 0) is 21.7 Å². The van der Waals surface area contributed by atoms with Gasteiger partial charge in [-0.1, -0.05) is 72.8 Å². The fourth-order valence-corrected chi connectivity index (χ4v) is 2.58. The molecular formula is C32H38O2Ti. The molecule has 4 aromatic carbocycles. The molecule has 0 amide bonds. The van der Waals surface area contributed by atoms with E-state index in [9.17, 15) is 0 Å². The summed E-state index contributed by atoms with van der Waals surface area (Å²) in [7, 11) is 0. The fraction of sp³-hybridized carbons (Fsp3) is 0.188. The monoisotopic (exact) mass is 502 g/mol. The average Bonchev–Trinajstić information content (AvgIpc) is 2.82. The van der Waals surface area contributed by atoms with Gasteiger partial charge in [-0.2, -0.15) is 0 Å². The van der Waals surface area contributed by atoms with E-state index in [1.54, 1.807) is 27.7 Å². The molecule has 2 N–H and O–H groups in total. The van der Waals surface area contributed by atoms with Crippen molar-refractivity contribution in [1.82, 2.24) is 0 Å². The van der Waals surface area contributed by atoms with Gasteiger partial charge in [0.05, 0.1) is 0 Å². The zero-order valence-electron chi connectivity index (χ0n) is 21.3. The minimum absolute atomic E-state index is 0. The van der Waals surface area contributed by atoms with Gasteiger partial charge in [0, 0.05) is 12.2 Å². The van der Waals surface area contributed by atoms with E-state index in [4.69, 9.17) is 10.2 Å². The van der Waals surface area contributed by atoms with Crippen LogP contribution in [0, 0.1) is 12.8 Å². The van der Waals surface area contributed by atoms with E-state index in [0.717, 1.165) is 0 Å². The topological polar surface area (TPSA) is 40.5 Å². The third-order valence-electron chi connectivity index (χ3n) is 3.86. The summed E-state index contributed by atoms with van der Waals surface area (Å²) in [6, 6.07) is 41.4. The van der Waals surface area contributed by atoms with Crippen LogP contribution in [0.3, 0.4) is 0 Å². The van der Waals surface area contributed by atoms with Gasteiger partial charge in [-0.05, 0) is 27.7 Å². The quantitative estimate of drug-likeness (QED) is 0.226. The molecule has 4 rings (SSSR count). The Morgan fingerprint density at radius 3 is 0.686 bits per heavy atom. The largest absolute Gasteiger partial charge is 2.00 e. The van der Waals surface area contributed by atoms with Crippen LogP contribution >= 0.6 is 0 Å². The van der Waals surface area contributed by atoms with Crippen LogP contribution in [0.4, 0.5) is 0 Å². The van der Waals surface area contributed by atoms with Crippen LogP contribution < -0.4 is 0 Å². The summed E-state index contributed by atoms with van der Waals surface area (Å²) >= 11 is 0. The summed E-state index contributed by atoms with van der Waals surface area (Å²) in [6.07, 6.45) is 4.00. The molecule has 182 valence electrons. The second kappa shape index (κ2) is 20.6. The van der Waals surface area contributed by atoms with Gasteiger partial charge in [-0.25, -0.2) is 0 Å². The summed E-state index contributed by atoms with van der Waals surface area (Å²) in [6.45, 7) is 6.89. The average molecular weight is 503 g/mol. The molecule has 0 heterocycles. The first-order chi connectivity index (χ1) is 16.4.